The number of terminal acetylenes is 1. The van der Waals surface area contributed by atoms with Gasteiger partial charge < -0.3 is 9.30 Å². The number of amides is 1. The second-order valence-corrected chi connectivity index (χ2v) is 6.65. The average molecular weight is 393 g/mol. The van der Waals surface area contributed by atoms with Crippen molar-refractivity contribution in [3.8, 4) is 18.1 Å². The Balaban J connectivity index is 1.96. The minimum atomic E-state index is -0.490. The molecular formula is C20H15N3O4S. The summed E-state index contributed by atoms with van der Waals surface area (Å²) in [6, 6.07) is 11.5. The largest absolute Gasteiger partial charge is 0.497 e. The van der Waals surface area contributed by atoms with Gasteiger partial charge in [-0.1, -0.05) is 29.4 Å². The first kappa shape index (κ1) is 19.1. The fourth-order valence-corrected chi connectivity index (χ4v) is 3.61. The molecule has 0 spiro atoms. The van der Waals surface area contributed by atoms with Crippen LogP contribution in [-0.2, 0) is 11.3 Å². The summed E-state index contributed by atoms with van der Waals surface area (Å²) < 4.78 is 7.90. The zero-order chi connectivity index (χ0) is 20.1. The number of carbonyl (C=O) groups is 1. The number of hydrogen-bond donors (Lipinski definition) is 0. The normalized spacial score (nSPS) is 11.6. The SMILES string of the molecule is C#CCn1c(=NC(=O)/C=C/c2cccc([N+](=O)[O-])c2)sc2cc(OC)ccc21. The van der Waals surface area contributed by atoms with Crippen LogP contribution in [0.1, 0.15) is 5.56 Å². The summed E-state index contributed by atoms with van der Waals surface area (Å²) in [4.78, 5) is 27.2. The maximum absolute atomic E-state index is 12.3. The summed E-state index contributed by atoms with van der Waals surface area (Å²) in [5.74, 6) is 2.77. The van der Waals surface area contributed by atoms with Crippen molar-refractivity contribution in [3.05, 3.63) is 69.0 Å². The number of carbonyl (C=O) groups excluding carboxylic acids is 1. The zero-order valence-electron chi connectivity index (χ0n) is 14.9. The Kier molecular flexibility index (Phi) is 5.67. The van der Waals surface area contributed by atoms with Gasteiger partial charge in [0, 0.05) is 18.2 Å². The number of thiazole rings is 1. The lowest BCUT2D eigenvalue weighted by molar-refractivity contribution is -0.384. The maximum atomic E-state index is 12.3. The third kappa shape index (κ3) is 4.16. The predicted octanol–water partition coefficient (Wildman–Crippen LogP) is 3.39. The first-order valence-corrected chi connectivity index (χ1v) is 8.95. The second-order valence-electron chi connectivity index (χ2n) is 5.64. The van der Waals surface area contributed by atoms with Gasteiger partial charge in [-0.15, -0.1) is 6.42 Å². The molecule has 1 aromatic heterocycles. The van der Waals surface area contributed by atoms with Crippen LogP contribution in [0, 0.1) is 22.5 Å². The highest BCUT2D eigenvalue weighted by Crippen LogP contribution is 2.23. The fourth-order valence-electron chi connectivity index (χ4n) is 2.55. The van der Waals surface area contributed by atoms with Crippen LogP contribution in [0.5, 0.6) is 5.75 Å². The Morgan fingerprint density at radius 1 is 1.39 bits per heavy atom. The molecule has 0 saturated heterocycles. The molecular weight excluding hydrogens is 378 g/mol. The molecule has 8 heteroatoms. The maximum Gasteiger partial charge on any atom is 0.272 e. The highest BCUT2D eigenvalue weighted by atomic mass is 32.1. The van der Waals surface area contributed by atoms with Crippen molar-refractivity contribution in [2.75, 3.05) is 7.11 Å². The van der Waals surface area contributed by atoms with Crippen LogP contribution >= 0.6 is 11.3 Å². The number of fused-ring (bicyclic) bond motifs is 1. The van der Waals surface area contributed by atoms with Crippen molar-refractivity contribution in [1.29, 1.82) is 0 Å². The topological polar surface area (TPSA) is 86.7 Å². The summed E-state index contributed by atoms with van der Waals surface area (Å²) in [6.07, 6.45) is 8.21. The Hall–Kier alpha value is -3.70. The zero-order valence-corrected chi connectivity index (χ0v) is 15.7. The van der Waals surface area contributed by atoms with E-state index in [-0.39, 0.29) is 12.2 Å². The fraction of sp³-hybridized carbons (Fsp3) is 0.100. The van der Waals surface area contributed by atoms with Gasteiger partial charge >= 0.3 is 0 Å². The monoisotopic (exact) mass is 393 g/mol. The van der Waals surface area contributed by atoms with Gasteiger partial charge in [0.1, 0.15) is 5.75 Å². The van der Waals surface area contributed by atoms with Crippen LogP contribution < -0.4 is 9.54 Å². The van der Waals surface area contributed by atoms with Gasteiger partial charge in [0.15, 0.2) is 4.80 Å². The van der Waals surface area contributed by atoms with Gasteiger partial charge in [0.05, 0.1) is 28.8 Å². The number of methoxy groups -OCH3 is 1. The number of nitro benzene ring substituents is 1. The number of nitrogens with zero attached hydrogens (tertiary/aromatic N) is 3. The Morgan fingerprint density at radius 3 is 2.93 bits per heavy atom. The molecule has 3 aromatic rings. The molecule has 0 bridgehead atoms. The number of non-ortho nitro benzene ring substituents is 1. The third-order valence-corrected chi connectivity index (χ3v) is 4.89. The van der Waals surface area contributed by atoms with Crippen LogP contribution in [0.15, 0.2) is 53.5 Å². The van der Waals surface area contributed by atoms with E-state index in [0.29, 0.717) is 16.1 Å². The van der Waals surface area contributed by atoms with Crippen molar-refractivity contribution in [2.24, 2.45) is 4.99 Å². The van der Waals surface area contributed by atoms with Crippen LogP contribution in [0.3, 0.4) is 0 Å². The molecule has 0 aliphatic rings. The van der Waals surface area contributed by atoms with Gasteiger partial charge in [0.2, 0.25) is 0 Å². The molecule has 0 unspecified atom stereocenters. The van der Waals surface area contributed by atoms with Crippen molar-refractivity contribution in [1.82, 2.24) is 4.57 Å². The first-order valence-electron chi connectivity index (χ1n) is 8.14. The number of aromatic nitrogens is 1. The quantitative estimate of drug-likeness (QED) is 0.288. The molecule has 1 heterocycles. The minimum Gasteiger partial charge on any atom is -0.497 e. The molecule has 0 radical (unpaired) electrons. The molecule has 0 aliphatic carbocycles. The average Bonchev–Trinajstić information content (AvgIpc) is 3.03. The molecule has 0 saturated carbocycles. The lowest BCUT2D eigenvalue weighted by Crippen LogP contribution is -2.15. The van der Waals surface area contributed by atoms with E-state index in [1.807, 2.05) is 18.2 Å². The molecule has 1 amide bonds. The van der Waals surface area contributed by atoms with Crippen molar-refractivity contribution >= 4 is 39.2 Å². The standard InChI is InChI=1S/C20H15N3O4S/c1-3-11-22-17-9-8-16(27-2)13-18(17)28-20(22)21-19(24)10-7-14-5-4-6-15(12-14)23(25)26/h1,4-10,12-13H,11H2,2H3/b10-7+,21-20?. The van der Waals surface area contributed by atoms with E-state index in [0.717, 1.165) is 10.2 Å². The highest BCUT2D eigenvalue weighted by molar-refractivity contribution is 7.16. The van der Waals surface area contributed by atoms with E-state index < -0.39 is 10.8 Å². The Labute approximate surface area is 164 Å². The lowest BCUT2D eigenvalue weighted by atomic mass is 10.2. The van der Waals surface area contributed by atoms with E-state index in [2.05, 4.69) is 10.9 Å². The molecule has 140 valence electrons. The Morgan fingerprint density at radius 2 is 2.21 bits per heavy atom. The number of hydrogen-bond acceptors (Lipinski definition) is 5. The summed E-state index contributed by atoms with van der Waals surface area (Å²) in [5.41, 5.74) is 1.35. The van der Waals surface area contributed by atoms with Crippen molar-refractivity contribution in [3.63, 3.8) is 0 Å². The van der Waals surface area contributed by atoms with Crippen molar-refractivity contribution < 1.29 is 14.5 Å². The van der Waals surface area contributed by atoms with Gasteiger partial charge in [-0.2, -0.15) is 4.99 Å². The van der Waals surface area contributed by atoms with E-state index in [4.69, 9.17) is 11.2 Å². The van der Waals surface area contributed by atoms with Crippen molar-refractivity contribution in [2.45, 2.75) is 6.54 Å². The van der Waals surface area contributed by atoms with Crippen LogP contribution in [0.25, 0.3) is 16.3 Å². The van der Waals surface area contributed by atoms with Crippen LogP contribution in [-0.4, -0.2) is 22.5 Å². The van der Waals surface area contributed by atoms with Crippen LogP contribution in [0.2, 0.25) is 0 Å². The minimum absolute atomic E-state index is 0.0446. The van der Waals surface area contributed by atoms with Gasteiger partial charge in [0.25, 0.3) is 11.6 Å². The highest BCUT2D eigenvalue weighted by Gasteiger charge is 2.08. The summed E-state index contributed by atoms with van der Waals surface area (Å²) in [6.45, 7) is 0.271. The van der Waals surface area contributed by atoms with Gasteiger partial charge in [-0.05, 0) is 29.8 Å². The van der Waals surface area contributed by atoms with E-state index >= 15 is 0 Å². The lowest BCUT2D eigenvalue weighted by Gasteiger charge is -2.01. The van der Waals surface area contributed by atoms with E-state index in [1.165, 1.54) is 35.6 Å². The molecule has 0 N–H and O–H groups in total. The number of ether oxygens (including phenoxy) is 1. The van der Waals surface area contributed by atoms with E-state index in [1.54, 1.807) is 23.8 Å². The van der Waals surface area contributed by atoms with Gasteiger partial charge in [-0.25, -0.2) is 0 Å². The smallest absolute Gasteiger partial charge is 0.272 e. The molecule has 0 fully saturated rings. The summed E-state index contributed by atoms with van der Waals surface area (Å²) in [5, 5.41) is 10.8. The second kappa shape index (κ2) is 8.33. The number of benzene rings is 2. The molecule has 28 heavy (non-hydrogen) atoms. The summed E-state index contributed by atoms with van der Waals surface area (Å²) >= 11 is 1.33. The molecule has 3 rings (SSSR count). The molecule has 2 aromatic carbocycles. The molecule has 7 nitrogen and oxygen atoms in total. The third-order valence-electron chi connectivity index (χ3n) is 3.84. The summed E-state index contributed by atoms with van der Waals surface area (Å²) in [7, 11) is 1.58. The van der Waals surface area contributed by atoms with Crippen LogP contribution in [0.4, 0.5) is 5.69 Å². The number of nitro groups is 1. The van der Waals surface area contributed by atoms with Gasteiger partial charge in [-0.3, -0.25) is 14.9 Å². The Bertz CT molecular complexity index is 1200. The molecule has 0 atom stereocenters. The van der Waals surface area contributed by atoms with E-state index in [9.17, 15) is 14.9 Å². The number of rotatable bonds is 5. The first-order chi connectivity index (χ1) is 13.5. The predicted molar refractivity (Wildman–Crippen MR) is 108 cm³/mol. The molecule has 0 aliphatic heterocycles.